The van der Waals surface area contributed by atoms with Crippen LogP contribution in [0.1, 0.15) is 18.1 Å². The van der Waals surface area contributed by atoms with Crippen molar-refractivity contribution in [3.05, 3.63) is 67.7 Å². The minimum absolute atomic E-state index is 0.233. The molecule has 0 aromatic heterocycles. The van der Waals surface area contributed by atoms with Crippen molar-refractivity contribution in [2.24, 2.45) is 15.9 Å². The monoisotopic (exact) mass is 425 g/mol. The molecule has 0 fully saturated rings. The summed E-state index contributed by atoms with van der Waals surface area (Å²) in [5, 5.41) is 17.6. The Hall–Kier alpha value is -3.04. The predicted molar refractivity (Wildman–Crippen MR) is 108 cm³/mol. The topological polar surface area (TPSA) is 124 Å². The molecule has 9 nitrogen and oxygen atoms in total. The zero-order valence-electron chi connectivity index (χ0n) is 14.8. The number of hydrogen-bond acceptors (Lipinski definition) is 6. The van der Waals surface area contributed by atoms with Crippen LogP contribution in [0.15, 0.2) is 46.6 Å². The molecule has 0 aliphatic carbocycles. The van der Waals surface area contributed by atoms with E-state index in [2.05, 4.69) is 10.2 Å². The lowest BCUT2D eigenvalue weighted by Gasteiger charge is -2.13. The molecule has 2 aromatic carbocycles. The van der Waals surface area contributed by atoms with Gasteiger partial charge in [0.05, 0.1) is 12.8 Å². The maximum atomic E-state index is 10.2. The summed E-state index contributed by atoms with van der Waals surface area (Å²) in [4.78, 5) is 10.2. The largest absolute Gasteiger partial charge is 0.490 e. The molecule has 2 rings (SSSR count). The highest BCUT2D eigenvalue weighted by Crippen LogP contribution is 2.30. The van der Waals surface area contributed by atoms with Gasteiger partial charge in [0.1, 0.15) is 6.61 Å². The van der Waals surface area contributed by atoms with Crippen LogP contribution >= 0.6 is 23.2 Å². The van der Waals surface area contributed by atoms with Crippen LogP contribution in [-0.4, -0.2) is 23.8 Å². The highest BCUT2D eigenvalue weighted by molar-refractivity contribution is 6.35. The molecule has 0 aliphatic heterocycles. The van der Waals surface area contributed by atoms with E-state index in [9.17, 15) is 10.1 Å². The number of hydrazine groups is 1. The van der Waals surface area contributed by atoms with E-state index in [1.807, 2.05) is 6.92 Å². The number of hydrogen-bond donors (Lipinski definition) is 2. The summed E-state index contributed by atoms with van der Waals surface area (Å²) >= 11 is 12.0. The number of benzene rings is 2. The maximum Gasteiger partial charge on any atom is 0.275 e. The van der Waals surface area contributed by atoms with Crippen molar-refractivity contribution in [1.82, 2.24) is 5.43 Å². The van der Waals surface area contributed by atoms with Crippen LogP contribution < -0.4 is 20.6 Å². The quantitative estimate of drug-likeness (QED) is 0.289. The van der Waals surface area contributed by atoms with Crippen LogP contribution in [0, 0.1) is 10.1 Å². The van der Waals surface area contributed by atoms with E-state index in [-0.39, 0.29) is 6.61 Å². The third-order valence-corrected chi connectivity index (χ3v) is 3.83. The summed E-state index contributed by atoms with van der Waals surface area (Å²) < 4.78 is 11.4. The molecule has 0 radical (unpaired) electrons. The van der Waals surface area contributed by atoms with E-state index < -0.39 is 11.0 Å². The molecule has 0 bridgehead atoms. The maximum absolute atomic E-state index is 10.2. The lowest BCUT2D eigenvalue weighted by Crippen LogP contribution is -2.35. The molecule has 0 heterocycles. The van der Waals surface area contributed by atoms with Gasteiger partial charge in [-0.1, -0.05) is 34.7 Å². The van der Waals surface area contributed by atoms with Gasteiger partial charge >= 0.3 is 0 Å². The first-order valence-electron chi connectivity index (χ1n) is 8.00. The Morgan fingerprint density at radius 1 is 1.25 bits per heavy atom. The fraction of sp³-hybridized carbons (Fsp3) is 0.176. The highest BCUT2D eigenvalue weighted by Gasteiger charge is 2.08. The fourth-order valence-electron chi connectivity index (χ4n) is 2.06. The van der Waals surface area contributed by atoms with Crippen LogP contribution in [0.25, 0.3) is 0 Å². The van der Waals surface area contributed by atoms with Crippen molar-refractivity contribution in [3.63, 3.8) is 0 Å². The van der Waals surface area contributed by atoms with Gasteiger partial charge in [0.2, 0.25) is 0 Å². The number of guanidine groups is 1. The predicted octanol–water partition coefficient (Wildman–Crippen LogP) is 3.40. The molecule has 0 atom stereocenters. The molecule has 0 saturated heterocycles. The Balaban J connectivity index is 2.12. The molecule has 0 unspecified atom stereocenters. The van der Waals surface area contributed by atoms with Gasteiger partial charge in [-0.2, -0.15) is 5.10 Å². The first kappa shape index (κ1) is 21.3. The molecular formula is C17H17Cl2N5O4. The second kappa shape index (κ2) is 10.3. The third-order valence-electron chi connectivity index (χ3n) is 3.24. The minimum Gasteiger partial charge on any atom is -0.490 e. The van der Waals surface area contributed by atoms with Gasteiger partial charge in [0, 0.05) is 15.6 Å². The van der Waals surface area contributed by atoms with Crippen LogP contribution in [0.2, 0.25) is 10.0 Å². The molecule has 11 heteroatoms. The van der Waals surface area contributed by atoms with E-state index in [4.69, 9.17) is 38.4 Å². The van der Waals surface area contributed by atoms with Crippen LogP contribution in [-0.2, 0) is 6.61 Å². The molecule has 3 N–H and O–H groups in total. The van der Waals surface area contributed by atoms with E-state index in [1.54, 1.807) is 41.8 Å². The summed E-state index contributed by atoms with van der Waals surface area (Å²) in [5.74, 6) is 0.575. The Morgan fingerprint density at radius 3 is 2.71 bits per heavy atom. The third kappa shape index (κ3) is 6.60. The summed E-state index contributed by atoms with van der Waals surface area (Å²) in [6.45, 7) is 2.50. The summed E-state index contributed by atoms with van der Waals surface area (Å²) in [5.41, 5.74) is 8.38. The molecule has 28 heavy (non-hydrogen) atoms. The molecule has 0 saturated carbocycles. The zero-order valence-corrected chi connectivity index (χ0v) is 16.3. The number of nitro groups is 1. The number of nitrogens with one attached hydrogen (secondary N) is 1. The van der Waals surface area contributed by atoms with Gasteiger partial charge in [-0.3, -0.25) is 0 Å². The number of halogens is 2. The van der Waals surface area contributed by atoms with Crippen molar-refractivity contribution in [3.8, 4) is 11.5 Å². The standard InChI is InChI=1S/C17H17Cl2N5O4/c1-2-27-16-7-11(9-21-22-17(20)23-24(25)26)3-6-15(16)28-10-12-4-5-13(18)8-14(12)19/h3-9H,2,10H2,1H3,(H3,20,22,23)/b21-9-. The number of rotatable bonds is 8. The van der Waals surface area contributed by atoms with Crippen molar-refractivity contribution in [2.75, 3.05) is 6.61 Å². The average molecular weight is 426 g/mol. The van der Waals surface area contributed by atoms with Crippen molar-refractivity contribution in [1.29, 1.82) is 0 Å². The summed E-state index contributed by atoms with van der Waals surface area (Å²) in [6, 6.07) is 10.3. The summed E-state index contributed by atoms with van der Waals surface area (Å²) in [7, 11) is 0. The Morgan fingerprint density at radius 2 is 2.04 bits per heavy atom. The van der Waals surface area contributed by atoms with Gasteiger partial charge < -0.3 is 15.2 Å². The van der Waals surface area contributed by atoms with Crippen LogP contribution in [0.5, 0.6) is 11.5 Å². The summed E-state index contributed by atoms with van der Waals surface area (Å²) in [6.07, 6.45) is 1.37. The highest BCUT2D eigenvalue weighted by atomic mass is 35.5. The van der Waals surface area contributed by atoms with Gasteiger partial charge in [-0.05, 0) is 42.8 Å². The smallest absolute Gasteiger partial charge is 0.275 e. The Bertz CT molecular complexity index is 905. The average Bonchev–Trinajstić information content (AvgIpc) is 2.62. The van der Waals surface area contributed by atoms with Crippen LogP contribution in [0.3, 0.4) is 0 Å². The van der Waals surface area contributed by atoms with Crippen molar-refractivity contribution >= 4 is 35.4 Å². The number of nitrogens with two attached hydrogens (primary N) is 1. The molecular weight excluding hydrogens is 409 g/mol. The van der Waals surface area contributed by atoms with E-state index >= 15 is 0 Å². The second-order valence-electron chi connectivity index (χ2n) is 5.26. The van der Waals surface area contributed by atoms with E-state index in [1.165, 1.54) is 6.21 Å². The van der Waals surface area contributed by atoms with Gasteiger partial charge in [-0.25, -0.2) is 10.1 Å². The van der Waals surface area contributed by atoms with Gasteiger partial charge in [0.15, 0.2) is 16.5 Å². The zero-order chi connectivity index (χ0) is 20.5. The van der Waals surface area contributed by atoms with E-state index in [0.717, 1.165) is 5.56 Å². The lowest BCUT2D eigenvalue weighted by atomic mass is 10.2. The van der Waals surface area contributed by atoms with Crippen LogP contribution in [0.4, 0.5) is 0 Å². The molecule has 2 aromatic rings. The Kier molecular flexibility index (Phi) is 7.85. The number of ether oxygens (including phenoxy) is 2. The van der Waals surface area contributed by atoms with Gasteiger partial charge in [-0.15, -0.1) is 5.10 Å². The Labute approximate surface area is 170 Å². The SMILES string of the molecule is CCOc1cc(/C=N\N=C(N)N[N+](=O)[O-])ccc1OCc1ccc(Cl)cc1Cl. The second-order valence-corrected chi connectivity index (χ2v) is 6.11. The van der Waals surface area contributed by atoms with Gasteiger partial charge in [0.25, 0.3) is 5.96 Å². The first-order chi connectivity index (χ1) is 13.4. The van der Waals surface area contributed by atoms with Crippen molar-refractivity contribution < 1.29 is 14.5 Å². The molecule has 148 valence electrons. The minimum atomic E-state index is -0.833. The molecule has 0 amide bonds. The number of nitrogens with zero attached hydrogens (tertiary/aromatic N) is 3. The first-order valence-corrected chi connectivity index (χ1v) is 8.75. The van der Waals surface area contributed by atoms with Crippen molar-refractivity contribution in [2.45, 2.75) is 13.5 Å². The normalized spacial score (nSPS) is 11.5. The van der Waals surface area contributed by atoms with E-state index in [0.29, 0.717) is 33.7 Å². The lowest BCUT2D eigenvalue weighted by molar-refractivity contribution is -0.525. The fourth-order valence-corrected chi connectivity index (χ4v) is 2.52. The molecule has 0 spiro atoms. The molecule has 0 aliphatic rings.